The third kappa shape index (κ3) is 5.40. The van der Waals surface area contributed by atoms with E-state index < -0.39 is 0 Å². The summed E-state index contributed by atoms with van der Waals surface area (Å²) >= 11 is 0. The highest BCUT2D eigenvalue weighted by Gasteiger charge is 2.25. The van der Waals surface area contributed by atoms with Crippen molar-refractivity contribution in [2.45, 2.75) is 32.6 Å². The molecule has 4 rings (SSSR count). The molecule has 0 aliphatic carbocycles. The predicted octanol–water partition coefficient (Wildman–Crippen LogP) is 6.59. The summed E-state index contributed by atoms with van der Waals surface area (Å²) in [5.74, 6) is 0.690. The lowest BCUT2D eigenvalue weighted by molar-refractivity contribution is -0.384. The summed E-state index contributed by atoms with van der Waals surface area (Å²) < 4.78 is 0. The van der Waals surface area contributed by atoms with Gasteiger partial charge in [0.1, 0.15) is 5.69 Å². The second-order valence-electron chi connectivity index (χ2n) is 8.58. The molecular weight excluding hydrogens is 414 g/mol. The van der Waals surface area contributed by atoms with Gasteiger partial charge in [-0.1, -0.05) is 50.1 Å². The van der Waals surface area contributed by atoms with Crippen LogP contribution in [0.2, 0.25) is 0 Å². The van der Waals surface area contributed by atoms with Crippen LogP contribution in [0.3, 0.4) is 0 Å². The summed E-state index contributed by atoms with van der Waals surface area (Å²) in [6.07, 6.45) is 4.54. The zero-order valence-electron chi connectivity index (χ0n) is 18.9. The topological polar surface area (TPSA) is 75.5 Å². The molecule has 1 aliphatic heterocycles. The molecule has 170 valence electrons. The number of hydrogen-bond acceptors (Lipinski definition) is 5. The van der Waals surface area contributed by atoms with Crippen molar-refractivity contribution in [3.05, 3.63) is 94.0 Å². The van der Waals surface area contributed by atoms with Gasteiger partial charge in [0.2, 0.25) is 0 Å². The van der Waals surface area contributed by atoms with E-state index in [1.54, 1.807) is 36.4 Å². The minimum atomic E-state index is -0.304. The molecule has 0 atom stereocenters. The molecule has 0 saturated carbocycles. The lowest BCUT2D eigenvalue weighted by atomic mass is 9.92. The SMILES string of the molecule is CCCC1CCN(c2cc(Nc3ccc(C(=O)c4ccccc4)cc3)ccc2[N+](=O)[O-])CC1. The van der Waals surface area contributed by atoms with Crippen molar-refractivity contribution in [1.29, 1.82) is 0 Å². The molecule has 0 radical (unpaired) electrons. The average molecular weight is 444 g/mol. The molecule has 33 heavy (non-hydrogen) atoms. The number of hydrogen-bond donors (Lipinski definition) is 1. The number of ketones is 1. The summed E-state index contributed by atoms with van der Waals surface area (Å²) in [5.41, 5.74) is 3.68. The van der Waals surface area contributed by atoms with E-state index in [0.29, 0.717) is 22.7 Å². The molecule has 1 saturated heterocycles. The molecule has 0 amide bonds. The van der Waals surface area contributed by atoms with E-state index in [1.807, 2.05) is 36.4 Å². The highest BCUT2D eigenvalue weighted by molar-refractivity contribution is 6.09. The monoisotopic (exact) mass is 443 g/mol. The van der Waals surface area contributed by atoms with E-state index in [0.717, 1.165) is 37.3 Å². The van der Waals surface area contributed by atoms with Gasteiger partial charge >= 0.3 is 0 Å². The highest BCUT2D eigenvalue weighted by Crippen LogP contribution is 2.35. The fraction of sp³-hybridized carbons (Fsp3) is 0.296. The number of benzene rings is 3. The maximum atomic E-state index is 12.6. The Morgan fingerprint density at radius 2 is 1.61 bits per heavy atom. The Morgan fingerprint density at radius 3 is 2.24 bits per heavy atom. The fourth-order valence-corrected chi connectivity index (χ4v) is 4.51. The third-order valence-electron chi connectivity index (χ3n) is 6.30. The number of carbonyl (C=O) groups excluding carboxylic acids is 1. The molecule has 0 unspecified atom stereocenters. The van der Waals surface area contributed by atoms with E-state index in [-0.39, 0.29) is 16.4 Å². The van der Waals surface area contributed by atoms with Crippen molar-refractivity contribution >= 4 is 28.5 Å². The smallest absolute Gasteiger partial charge is 0.292 e. The Labute approximate surface area is 194 Å². The van der Waals surface area contributed by atoms with E-state index >= 15 is 0 Å². The number of nitrogens with zero attached hydrogens (tertiary/aromatic N) is 2. The van der Waals surface area contributed by atoms with Crippen molar-refractivity contribution in [1.82, 2.24) is 0 Å². The molecule has 6 heteroatoms. The van der Waals surface area contributed by atoms with Crippen LogP contribution in [0.5, 0.6) is 0 Å². The number of nitro groups is 1. The van der Waals surface area contributed by atoms with Crippen molar-refractivity contribution in [3.8, 4) is 0 Å². The van der Waals surface area contributed by atoms with E-state index in [9.17, 15) is 14.9 Å². The van der Waals surface area contributed by atoms with Crippen LogP contribution in [-0.4, -0.2) is 23.8 Å². The molecule has 0 aromatic heterocycles. The minimum Gasteiger partial charge on any atom is -0.366 e. The maximum Gasteiger partial charge on any atom is 0.292 e. The van der Waals surface area contributed by atoms with Gasteiger partial charge in [-0.15, -0.1) is 0 Å². The van der Waals surface area contributed by atoms with Gasteiger partial charge in [0.25, 0.3) is 5.69 Å². The van der Waals surface area contributed by atoms with Gasteiger partial charge in [0.05, 0.1) is 4.92 Å². The Bertz CT molecular complexity index is 1110. The first-order chi connectivity index (χ1) is 16.0. The molecular formula is C27H29N3O3. The Balaban J connectivity index is 1.50. The molecule has 1 fully saturated rings. The molecule has 1 aliphatic rings. The van der Waals surface area contributed by atoms with Gasteiger partial charge in [0, 0.05) is 41.7 Å². The second-order valence-corrected chi connectivity index (χ2v) is 8.58. The Morgan fingerprint density at radius 1 is 0.970 bits per heavy atom. The number of anilines is 3. The number of nitro benzene ring substituents is 1. The number of piperidine rings is 1. The number of rotatable bonds is 8. The summed E-state index contributed by atoms with van der Waals surface area (Å²) in [7, 11) is 0. The summed E-state index contributed by atoms with van der Waals surface area (Å²) in [4.78, 5) is 26.1. The van der Waals surface area contributed by atoms with Crippen molar-refractivity contribution < 1.29 is 9.72 Å². The lowest BCUT2D eigenvalue weighted by Gasteiger charge is -2.33. The molecule has 6 nitrogen and oxygen atoms in total. The van der Waals surface area contributed by atoms with Crippen molar-refractivity contribution in [2.75, 3.05) is 23.3 Å². The van der Waals surface area contributed by atoms with Crippen LogP contribution in [0.15, 0.2) is 72.8 Å². The zero-order valence-corrected chi connectivity index (χ0v) is 18.9. The van der Waals surface area contributed by atoms with Gasteiger partial charge < -0.3 is 10.2 Å². The fourth-order valence-electron chi connectivity index (χ4n) is 4.51. The second kappa shape index (κ2) is 10.3. The van der Waals surface area contributed by atoms with Gasteiger partial charge in [-0.2, -0.15) is 0 Å². The number of nitrogens with one attached hydrogen (secondary N) is 1. The number of carbonyl (C=O) groups is 1. The average Bonchev–Trinajstić information content (AvgIpc) is 2.85. The summed E-state index contributed by atoms with van der Waals surface area (Å²) in [6, 6.07) is 21.7. The molecule has 3 aromatic carbocycles. The van der Waals surface area contributed by atoms with Gasteiger partial charge in [-0.3, -0.25) is 14.9 Å². The van der Waals surface area contributed by atoms with Gasteiger partial charge in [-0.25, -0.2) is 0 Å². The first kappa shape index (κ1) is 22.5. The molecule has 1 heterocycles. The minimum absolute atomic E-state index is 0.0220. The van der Waals surface area contributed by atoms with E-state index in [2.05, 4.69) is 17.1 Å². The van der Waals surface area contributed by atoms with Crippen LogP contribution >= 0.6 is 0 Å². The van der Waals surface area contributed by atoms with E-state index in [4.69, 9.17) is 0 Å². The standard InChI is InChI=1S/C27H29N3O3/c1-2-6-20-15-17-29(18-16-20)26-19-24(13-14-25(26)30(32)33)28-23-11-9-22(10-12-23)27(31)21-7-4-3-5-8-21/h3-5,7-14,19-20,28H,2,6,15-18H2,1H3. The molecule has 3 aromatic rings. The largest absolute Gasteiger partial charge is 0.366 e. The quantitative estimate of drug-likeness (QED) is 0.242. The van der Waals surface area contributed by atoms with Crippen LogP contribution in [0.4, 0.5) is 22.7 Å². The first-order valence-corrected chi connectivity index (χ1v) is 11.6. The van der Waals surface area contributed by atoms with Crippen LogP contribution in [0, 0.1) is 16.0 Å². The zero-order chi connectivity index (χ0) is 23.2. The van der Waals surface area contributed by atoms with Crippen molar-refractivity contribution in [3.63, 3.8) is 0 Å². The van der Waals surface area contributed by atoms with Gasteiger partial charge in [-0.05, 0) is 55.2 Å². The Kier molecular flexibility index (Phi) is 7.03. The first-order valence-electron chi connectivity index (χ1n) is 11.6. The highest BCUT2D eigenvalue weighted by atomic mass is 16.6. The molecule has 0 spiro atoms. The van der Waals surface area contributed by atoms with Crippen LogP contribution in [0.1, 0.15) is 48.5 Å². The van der Waals surface area contributed by atoms with Gasteiger partial charge in [0.15, 0.2) is 5.78 Å². The summed E-state index contributed by atoms with van der Waals surface area (Å²) in [6.45, 7) is 3.88. The molecule has 1 N–H and O–H groups in total. The van der Waals surface area contributed by atoms with E-state index in [1.165, 1.54) is 12.8 Å². The summed E-state index contributed by atoms with van der Waals surface area (Å²) in [5, 5.41) is 15.0. The van der Waals surface area contributed by atoms with Crippen LogP contribution in [0.25, 0.3) is 0 Å². The van der Waals surface area contributed by atoms with Crippen LogP contribution in [-0.2, 0) is 0 Å². The lowest BCUT2D eigenvalue weighted by Crippen LogP contribution is -2.34. The van der Waals surface area contributed by atoms with Crippen LogP contribution < -0.4 is 10.2 Å². The molecule has 0 bridgehead atoms. The maximum absolute atomic E-state index is 12.6. The Hall–Kier alpha value is -3.67. The normalized spacial score (nSPS) is 14.2. The third-order valence-corrected chi connectivity index (χ3v) is 6.30. The van der Waals surface area contributed by atoms with Crippen molar-refractivity contribution in [2.24, 2.45) is 5.92 Å². The predicted molar refractivity (Wildman–Crippen MR) is 133 cm³/mol.